The number of nitrogens with one attached hydrogen (secondary N) is 2. The number of carbonyl (C=O) groups is 2. The first kappa shape index (κ1) is 22.9. The maximum atomic E-state index is 12.7. The summed E-state index contributed by atoms with van der Waals surface area (Å²) in [5, 5.41) is 0. The lowest BCUT2D eigenvalue weighted by Crippen LogP contribution is -2.41. The first-order chi connectivity index (χ1) is 14.7. The van der Waals surface area contributed by atoms with Gasteiger partial charge in [-0.05, 0) is 54.4 Å². The normalized spacial score (nSPS) is 15.6. The number of hydrazine groups is 1. The van der Waals surface area contributed by atoms with E-state index in [1.165, 1.54) is 43.1 Å². The Hall–Kier alpha value is -2.74. The van der Waals surface area contributed by atoms with E-state index in [0.29, 0.717) is 22.3 Å². The summed E-state index contributed by atoms with van der Waals surface area (Å²) in [7, 11) is 4.40. The van der Waals surface area contributed by atoms with Crippen molar-refractivity contribution in [2.75, 3.05) is 21.3 Å². The fourth-order valence-corrected chi connectivity index (χ4v) is 5.00. The number of amides is 2. The summed E-state index contributed by atoms with van der Waals surface area (Å²) in [6.45, 7) is 6.79. The Morgan fingerprint density at radius 1 is 1.00 bits per heavy atom. The third kappa shape index (κ3) is 4.79. The Kier molecular flexibility index (Phi) is 6.79. The van der Waals surface area contributed by atoms with Crippen LogP contribution >= 0.6 is 11.3 Å². The molecular weight excluding hydrogens is 416 g/mol. The summed E-state index contributed by atoms with van der Waals surface area (Å²) in [5.74, 6) is 0.733. The predicted octanol–water partition coefficient (Wildman–Crippen LogP) is 4.00. The SMILES string of the molecule is COc1ccc(C(=O)NNC(=O)c2cc3c(s2)CCC(C(C)(C)C)C3)c(OC)c1OC. The molecule has 2 amide bonds. The van der Waals surface area contributed by atoms with Gasteiger partial charge >= 0.3 is 0 Å². The van der Waals surface area contributed by atoms with Crippen LogP contribution in [-0.2, 0) is 12.8 Å². The molecule has 3 rings (SSSR count). The summed E-state index contributed by atoms with van der Waals surface area (Å²) < 4.78 is 15.9. The third-order valence-corrected chi connectivity index (χ3v) is 7.01. The average molecular weight is 447 g/mol. The number of ether oxygens (including phenoxy) is 3. The van der Waals surface area contributed by atoms with Crippen molar-refractivity contribution in [3.8, 4) is 17.2 Å². The molecule has 1 atom stereocenters. The molecule has 168 valence electrons. The van der Waals surface area contributed by atoms with Crippen LogP contribution in [0.2, 0.25) is 0 Å². The number of hydrogen-bond donors (Lipinski definition) is 2. The van der Waals surface area contributed by atoms with Crippen LogP contribution in [-0.4, -0.2) is 33.1 Å². The first-order valence-electron chi connectivity index (χ1n) is 10.2. The molecule has 2 N–H and O–H groups in total. The number of fused-ring (bicyclic) bond motifs is 1. The number of methoxy groups -OCH3 is 3. The van der Waals surface area contributed by atoms with Crippen LogP contribution in [0.1, 0.15) is 57.7 Å². The van der Waals surface area contributed by atoms with Crippen LogP contribution in [0.3, 0.4) is 0 Å². The van der Waals surface area contributed by atoms with Gasteiger partial charge in [0.15, 0.2) is 11.5 Å². The molecule has 2 aromatic rings. The molecule has 1 heterocycles. The zero-order valence-electron chi connectivity index (χ0n) is 18.9. The largest absolute Gasteiger partial charge is 0.493 e. The van der Waals surface area contributed by atoms with Gasteiger partial charge in [-0.3, -0.25) is 20.4 Å². The molecular formula is C23H30N2O5S. The number of carbonyl (C=O) groups excluding carboxylic acids is 2. The fraction of sp³-hybridized carbons (Fsp3) is 0.478. The lowest BCUT2D eigenvalue weighted by Gasteiger charge is -2.33. The smallest absolute Gasteiger partial charge is 0.279 e. The van der Waals surface area contributed by atoms with Gasteiger partial charge in [-0.2, -0.15) is 0 Å². The molecule has 1 aromatic heterocycles. The van der Waals surface area contributed by atoms with E-state index < -0.39 is 5.91 Å². The highest BCUT2D eigenvalue weighted by molar-refractivity contribution is 7.14. The molecule has 1 aliphatic rings. The lowest BCUT2D eigenvalue weighted by molar-refractivity contribution is 0.0846. The molecule has 0 saturated heterocycles. The van der Waals surface area contributed by atoms with Crippen molar-refractivity contribution in [1.29, 1.82) is 0 Å². The number of hydrogen-bond acceptors (Lipinski definition) is 6. The predicted molar refractivity (Wildman–Crippen MR) is 120 cm³/mol. The van der Waals surface area contributed by atoms with E-state index in [4.69, 9.17) is 14.2 Å². The van der Waals surface area contributed by atoms with Gasteiger partial charge in [0, 0.05) is 4.88 Å². The zero-order valence-corrected chi connectivity index (χ0v) is 19.7. The van der Waals surface area contributed by atoms with Crippen molar-refractivity contribution in [2.24, 2.45) is 11.3 Å². The van der Waals surface area contributed by atoms with E-state index in [9.17, 15) is 9.59 Å². The number of benzene rings is 1. The van der Waals surface area contributed by atoms with Crippen LogP contribution in [0.25, 0.3) is 0 Å². The van der Waals surface area contributed by atoms with Gasteiger partial charge in [-0.1, -0.05) is 20.8 Å². The van der Waals surface area contributed by atoms with E-state index in [0.717, 1.165) is 19.3 Å². The molecule has 8 heteroatoms. The van der Waals surface area contributed by atoms with Crippen LogP contribution in [0.4, 0.5) is 0 Å². The standard InChI is InChI=1S/C23H30N2O5S/c1-23(2,3)14-7-10-17-13(11-14)12-18(31-17)22(27)25-24-21(26)15-8-9-16(28-4)20(30-6)19(15)29-5/h8-9,12,14H,7,10-11H2,1-6H3,(H,24,26)(H,25,27). The molecule has 0 spiro atoms. The molecule has 0 aliphatic heterocycles. The summed E-state index contributed by atoms with van der Waals surface area (Å²) in [4.78, 5) is 27.2. The minimum absolute atomic E-state index is 0.221. The second-order valence-electron chi connectivity index (χ2n) is 8.65. The van der Waals surface area contributed by atoms with Gasteiger partial charge < -0.3 is 14.2 Å². The van der Waals surface area contributed by atoms with Crippen LogP contribution in [0, 0.1) is 11.3 Å². The van der Waals surface area contributed by atoms with Gasteiger partial charge in [0.25, 0.3) is 11.8 Å². The monoisotopic (exact) mass is 446 g/mol. The Balaban J connectivity index is 1.70. The van der Waals surface area contributed by atoms with Gasteiger partial charge in [-0.25, -0.2) is 0 Å². The highest BCUT2D eigenvalue weighted by Crippen LogP contribution is 2.41. The topological polar surface area (TPSA) is 85.9 Å². The molecule has 0 saturated carbocycles. The van der Waals surface area contributed by atoms with Crippen LogP contribution in [0.5, 0.6) is 17.2 Å². The van der Waals surface area contributed by atoms with Crippen molar-refractivity contribution in [2.45, 2.75) is 40.0 Å². The zero-order chi connectivity index (χ0) is 22.8. The molecule has 31 heavy (non-hydrogen) atoms. The molecule has 1 unspecified atom stereocenters. The first-order valence-corrected chi connectivity index (χ1v) is 11.0. The summed E-state index contributed by atoms with van der Waals surface area (Å²) in [6.07, 6.45) is 3.11. The molecule has 0 bridgehead atoms. The van der Waals surface area contributed by atoms with Crippen molar-refractivity contribution in [3.63, 3.8) is 0 Å². The average Bonchev–Trinajstić information content (AvgIpc) is 3.18. The van der Waals surface area contributed by atoms with Crippen LogP contribution < -0.4 is 25.1 Å². The van der Waals surface area contributed by atoms with Gasteiger partial charge in [-0.15, -0.1) is 11.3 Å². The Bertz CT molecular complexity index is 977. The maximum absolute atomic E-state index is 12.7. The summed E-state index contributed by atoms with van der Waals surface area (Å²) in [6, 6.07) is 5.12. The van der Waals surface area contributed by atoms with E-state index in [2.05, 4.69) is 31.6 Å². The van der Waals surface area contributed by atoms with Gasteiger partial charge in [0.2, 0.25) is 5.75 Å². The number of thiophene rings is 1. The Labute approximate surface area is 187 Å². The minimum atomic E-state index is -0.514. The lowest BCUT2D eigenvalue weighted by atomic mass is 9.72. The molecule has 7 nitrogen and oxygen atoms in total. The van der Waals surface area contributed by atoms with E-state index in [-0.39, 0.29) is 22.6 Å². The van der Waals surface area contributed by atoms with E-state index in [1.807, 2.05) is 6.07 Å². The molecule has 0 radical (unpaired) electrons. The van der Waals surface area contributed by atoms with Crippen molar-refractivity contribution in [3.05, 3.63) is 39.1 Å². The molecule has 1 aromatic carbocycles. The minimum Gasteiger partial charge on any atom is -0.493 e. The third-order valence-electron chi connectivity index (χ3n) is 5.77. The fourth-order valence-electron chi connectivity index (χ4n) is 3.90. The van der Waals surface area contributed by atoms with Gasteiger partial charge in [0.05, 0.1) is 31.8 Å². The van der Waals surface area contributed by atoms with Crippen molar-refractivity contribution < 1.29 is 23.8 Å². The van der Waals surface area contributed by atoms with Gasteiger partial charge in [0.1, 0.15) is 0 Å². The van der Waals surface area contributed by atoms with Crippen molar-refractivity contribution >= 4 is 23.2 Å². The maximum Gasteiger partial charge on any atom is 0.279 e. The number of aryl methyl sites for hydroxylation is 1. The second-order valence-corrected chi connectivity index (χ2v) is 9.79. The molecule has 1 aliphatic carbocycles. The Morgan fingerprint density at radius 2 is 1.68 bits per heavy atom. The van der Waals surface area contributed by atoms with E-state index >= 15 is 0 Å². The van der Waals surface area contributed by atoms with E-state index in [1.54, 1.807) is 12.1 Å². The summed E-state index contributed by atoms with van der Waals surface area (Å²) >= 11 is 1.50. The molecule has 0 fully saturated rings. The second kappa shape index (κ2) is 9.18. The quantitative estimate of drug-likeness (QED) is 0.678. The number of rotatable bonds is 5. The van der Waals surface area contributed by atoms with Crippen molar-refractivity contribution in [1.82, 2.24) is 10.9 Å². The Morgan fingerprint density at radius 3 is 2.29 bits per heavy atom. The van der Waals surface area contributed by atoms with Crippen LogP contribution in [0.15, 0.2) is 18.2 Å². The highest BCUT2D eigenvalue weighted by Gasteiger charge is 2.30. The summed E-state index contributed by atoms with van der Waals surface area (Å²) in [5.41, 5.74) is 6.69. The highest BCUT2D eigenvalue weighted by atomic mass is 32.1.